The third kappa shape index (κ3) is 3.91. The first-order chi connectivity index (χ1) is 13.4. The fourth-order valence-corrected chi connectivity index (χ4v) is 4.33. The molecule has 11 heteroatoms. The average molecular weight is 405 g/mol. The van der Waals surface area contributed by atoms with Crippen molar-refractivity contribution in [3.63, 3.8) is 0 Å². The topological polar surface area (TPSA) is 129 Å². The third-order valence-corrected chi connectivity index (χ3v) is 6.82. The number of morpholine rings is 1. The second kappa shape index (κ2) is 7.57. The highest BCUT2D eigenvalue weighted by Crippen LogP contribution is 2.27. The fraction of sp³-hybridized carbons (Fsp3) is 0.529. The Morgan fingerprint density at radius 2 is 2.07 bits per heavy atom. The number of nitrogens with two attached hydrogens (primary N) is 1. The normalized spacial score (nSPS) is 22.4. The van der Waals surface area contributed by atoms with Crippen molar-refractivity contribution in [3.8, 4) is 11.5 Å². The van der Waals surface area contributed by atoms with Crippen LogP contribution >= 0.6 is 0 Å². The minimum atomic E-state index is -2.49. The van der Waals surface area contributed by atoms with E-state index in [4.69, 9.17) is 15.2 Å². The Balaban J connectivity index is 1.81. The van der Waals surface area contributed by atoms with Crippen molar-refractivity contribution in [2.45, 2.75) is 18.2 Å². The van der Waals surface area contributed by atoms with Crippen LogP contribution < -0.4 is 10.6 Å². The van der Waals surface area contributed by atoms with Crippen LogP contribution in [0.2, 0.25) is 0 Å². The van der Waals surface area contributed by atoms with E-state index in [1.54, 1.807) is 24.6 Å². The number of hydrogen-bond acceptors (Lipinski definition) is 10. The lowest BCUT2D eigenvalue weighted by atomic mass is 10.2. The van der Waals surface area contributed by atoms with Crippen molar-refractivity contribution < 1.29 is 13.7 Å². The minimum absolute atomic E-state index is 0.0913. The number of hydrogen-bond donors (Lipinski definition) is 1. The van der Waals surface area contributed by atoms with Crippen LogP contribution in [0.1, 0.15) is 6.92 Å². The molecule has 0 saturated carbocycles. The molecule has 0 spiro atoms. The second-order valence-electron chi connectivity index (χ2n) is 6.94. The molecule has 0 bridgehead atoms. The van der Waals surface area contributed by atoms with Gasteiger partial charge in [0.1, 0.15) is 11.5 Å². The van der Waals surface area contributed by atoms with E-state index in [2.05, 4.69) is 36.1 Å². The van der Waals surface area contributed by atoms with E-state index in [9.17, 15) is 4.21 Å². The van der Waals surface area contributed by atoms with Crippen LogP contribution in [0.4, 0.5) is 17.6 Å². The van der Waals surface area contributed by atoms with Gasteiger partial charge in [0, 0.05) is 25.1 Å². The Morgan fingerprint density at radius 3 is 2.75 bits per heavy atom. The van der Waals surface area contributed by atoms with E-state index < -0.39 is 9.73 Å². The highest BCUT2D eigenvalue weighted by molar-refractivity contribution is 7.93. The third-order valence-electron chi connectivity index (χ3n) is 4.77. The number of ether oxygens (including phenoxy) is 2. The van der Waals surface area contributed by atoms with Crippen molar-refractivity contribution in [1.29, 1.82) is 0 Å². The van der Waals surface area contributed by atoms with Gasteiger partial charge in [-0.05, 0) is 13.0 Å². The van der Waals surface area contributed by atoms with Gasteiger partial charge in [0.25, 0.3) is 0 Å². The lowest BCUT2D eigenvalue weighted by Crippen LogP contribution is -2.44. The number of rotatable bonds is 4. The first-order valence-corrected chi connectivity index (χ1v) is 11.0. The second-order valence-corrected chi connectivity index (χ2v) is 9.51. The van der Waals surface area contributed by atoms with Crippen LogP contribution in [-0.2, 0) is 19.2 Å². The SMILES string of the molecule is C[C@@H]1COCCN1c1cc(N=[S@@](C)(=O)C2COC2)nc(-c2ccnc(N)n2)n1. The standard InChI is InChI=1S/C17H23N7O3S/c1-11-8-26-6-5-24(11)15-7-14(23-28(2,25)12-9-27-10-12)21-16(22-15)13-3-4-19-17(18)20-13/h3-4,7,11-12H,5-6,8-10H2,1-2H3,(H2,18,19,20)/t11-,28+/m1/s1. The highest BCUT2D eigenvalue weighted by Gasteiger charge is 2.28. The van der Waals surface area contributed by atoms with Crippen LogP contribution in [0, 0.1) is 0 Å². The molecule has 2 aromatic rings. The zero-order valence-corrected chi connectivity index (χ0v) is 16.6. The lowest BCUT2D eigenvalue weighted by molar-refractivity contribution is 0.0431. The zero-order valence-electron chi connectivity index (χ0n) is 15.8. The molecule has 2 saturated heterocycles. The maximum Gasteiger partial charge on any atom is 0.220 e. The smallest absolute Gasteiger partial charge is 0.220 e. The summed E-state index contributed by atoms with van der Waals surface area (Å²) in [5.74, 6) is 1.55. The summed E-state index contributed by atoms with van der Waals surface area (Å²) in [6.07, 6.45) is 3.19. The molecule has 0 unspecified atom stereocenters. The van der Waals surface area contributed by atoms with E-state index in [0.717, 1.165) is 0 Å². The predicted molar refractivity (Wildman–Crippen MR) is 106 cm³/mol. The van der Waals surface area contributed by atoms with E-state index >= 15 is 0 Å². The quantitative estimate of drug-likeness (QED) is 0.787. The van der Waals surface area contributed by atoms with Gasteiger partial charge in [0.2, 0.25) is 5.95 Å². The van der Waals surface area contributed by atoms with Crippen LogP contribution in [0.25, 0.3) is 11.5 Å². The van der Waals surface area contributed by atoms with Crippen molar-refractivity contribution in [2.75, 3.05) is 49.9 Å². The summed E-state index contributed by atoms with van der Waals surface area (Å²) in [6, 6.07) is 3.59. The molecule has 2 aliphatic rings. The molecule has 4 rings (SSSR count). The monoisotopic (exact) mass is 405 g/mol. The molecule has 28 heavy (non-hydrogen) atoms. The summed E-state index contributed by atoms with van der Waals surface area (Å²) < 4.78 is 28.2. The Bertz CT molecular complexity index is 988. The molecular weight excluding hydrogens is 382 g/mol. The van der Waals surface area contributed by atoms with Gasteiger partial charge in [-0.25, -0.2) is 24.1 Å². The summed E-state index contributed by atoms with van der Waals surface area (Å²) in [6.45, 7) is 4.88. The first-order valence-electron chi connectivity index (χ1n) is 9.03. The van der Waals surface area contributed by atoms with Crippen LogP contribution in [0.15, 0.2) is 22.7 Å². The van der Waals surface area contributed by atoms with E-state index in [1.807, 2.05) is 0 Å². The predicted octanol–water partition coefficient (Wildman–Crippen LogP) is 0.869. The van der Waals surface area contributed by atoms with Gasteiger partial charge in [-0.3, -0.25) is 0 Å². The molecule has 2 fully saturated rings. The largest absolute Gasteiger partial charge is 0.379 e. The number of nitrogen functional groups attached to an aromatic ring is 1. The summed E-state index contributed by atoms with van der Waals surface area (Å²) in [7, 11) is -2.49. The van der Waals surface area contributed by atoms with Crippen molar-refractivity contribution in [1.82, 2.24) is 19.9 Å². The van der Waals surface area contributed by atoms with Gasteiger partial charge in [-0.15, -0.1) is 0 Å². The average Bonchev–Trinajstić information content (AvgIpc) is 2.59. The Kier molecular flexibility index (Phi) is 5.13. The molecule has 10 nitrogen and oxygen atoms in total. The van der Waals surface area contributed by atoms with Gasteiger partial charge >= 0.3 is 0 Å². The lowest BCUT2D eigenvalue weighted by Gasteiger charge is -2.34. The van der Waals surface area contributed by atoms with Gasteiger partial charge in [-0.2, -0.15) is 4.36 Å². The van der Waals surface area contributed by atoms with E-state index in [1.165, 1.54) is 0 Å². The molecule has 2 aromatic heterocycles. The number of anilines is 2. The molecule has 4 heterocycles. The number of nitrogens with zero attached hydrogens (tertiary/aromatic N) is 6. The maximum absolute atomic E-state index is 13.0. The Hall–Kier alpha value is -2.37. The first kappa shape index (κ1) is 19.0. The molecule has 2 atom stereocenters. The molecule has 2 N–H and O–H groups in total. The molecule has 0 amide bonds. The van der Waals surface area contributed by atoms with Crippen LogP contribution in [-0.4, -0.2) is 74.7 Å². The van der Waals surface area contributed by atoms with Gasteiger partial charge in [0.05, 0.1) is 47.4 Å². The van der Waals surface area contributed by atoms with Crippen molar-refractivity contribution in [3.05, 3.63) is 18.3 Å². The molecule has 0 radical (unpaired) electrons. The molecule has 0 aliphatic carbocycles. The molecule has 2 aliphatic heterocycles. The van der Waals surface area contributed by atoms with Crippen molar-refractivity contribution in [2.24, 2.45) is 4.36 Å². The maximum atomic E-state index is 13.0. The summed E-state index contributed by atoms with van der Waals surface area (Å²) in [4.78, 5) is 19.4. The molecule has 0 aromatic carbocycles. The molecule has 150 valence electrons. The van der Waals surface area contributed by atoms with Gasteiger partial charge < -0.3 is 20.1 Å². The highest BCUT2D eigenvalue weighted by atomic mass is 32.2. The fourth-order valence-electron chi connectivity index (χ4n) is 3.02. The summed E-state index contributed by atoms with van der Waals surface area (Å²) in [5.41, 5.74) is 6.20. The Labute approximate surface area is 163 Å². The number of aromatic nitrogens is 4. The molecular formula is C17H23N7O3S. The van der Waals surface area contributed by atoms with Crippen molar-refractivity contribution >= 4 is 27.3 Å². The van der Waals surface area contributed by atoms with Gasteiger partial charge in [-0.1, -0.05) is 0 Å². The Morgan fingerprint density at radius 1 is 1.25 bits per heavy atom. The van der Waals surface area contributed by atoms with E-state index in [0.29, 0.717) is 56.1 Å². The van der Waals surface area contributed by atoms with E-state index in [-0.39, 0.29) is 17.2 Å². The zero-order chi connectivity index (χ0) is 19.7. The van der Waals surface area contributed by atoms with Crippen LogP contribution in [0.3, 0.4) is 0 Å². The summed E-state index contributed by atoms with van der Waals surface area (Å²) in [5, 5.41) is -0.0913. The van der Waals surface area contributed by atoms with Crippen LogP contribution in [0.5, 0.6) is 0 Å². The van der Waals surface area contributed by atoms with Gasteiger partial charge in [0.15, 0.2) is 11.6 Å². The minimum Gasteiger partial charge on any atom is -0.379 e. The summed E-state index contributed by atoms with van der Waals surface area (Å²) >= 11 is 0.